The lowest BCUT2D eigenvalue weighted by atomic mass is 10.1. The Balaban J connectivity index is 1.52. The summed E-state index contributed by atoms with van der Waals surface area (Å²) in [7, 11) is 0. The summed E-state index contributed by atoms with van der Waals surface area (Å²) in [5, 5.41) is 6.80. The Hall–Kier alpha value is -2.77. The predicted molar refractivity (Wildman–Crippen MR) is 122 cm³/mol. The highest BCUT2D eigenvalue weighted by atomic mass is 16.6. The van der Waals surface area contributed by atoms with Crippen LogP contribution >= 0.6 is 0 Å². The van der Waals surface area contributed by atoms with Crippen molar-refractivity contribution in [1.82, 2.24) is 15.5 Å². The van der Waals surface area contributed by atoms with Gasteiger partial charge in [0.25, 0.3) is 0 Å². The van der Waals surface area contributed by atoms with E-state index in [1.54, 1.807) is 4.90 Å². The van der Waals surface area contributed by atoms with Crippen LogP contribution in [-0.4, -0.2) is 61.7 Å². The van der Waals surface area contributed by atoms with Crippen molar-refractivity contribution in [2.75, 3.05) is 37.7 Å². The molecule has 2 aliphatic rings. The fourth-order valence-corrected chi connectivity index (χ4v) is 3.97. The van der Waals surface area contributed by atoms with Gasteiger partial charge in [-0.05, 0) is 57.2 Å². The molecule has 8 heteroatoms. The van der Waals surface area contributed by atoms with Gasteiger partial charge in [-0.25, -0.2) is 9.79 Å². The van der Waals surface area contributed by atoms with Crippen LogP contribution in [0.2, 0.25) is 0 Å². The molecule has 0 bridgehead atoms. The van der Waals surface area contributed by atoms with E-state index in [1.807, 2.05) is 43.0 Å². The Morgan fingerprint density at radius 1 is 1.13 bits per heavy atom. The summed E-state index contributed by atoms with van der Waals surface area (Å²) in [5.74, 6) is 0.997. The first-order valence-electron chi connectivity index (χ1n) is 11.5. The molecule has 1 aromatic carbocycles. The van der Waals surface area contributed by atoms with Crippen LogP contribution in [0.3, 0.4) is 0 Å². The normalized spacial score (nSPS) is 18.1. The molecule has 2 amide bonds. The van der Waals surface area contributed by atoms with Crippen LogP contribution in [0.5, 0.6) is 0 Å². The van der Waals surface area contributed by atoms with Gasteiger partial charge < -0.3 is 25.2 Å². The number of anilines is 1. The molecular weight excluding hydrogens is 394 g/mol. The molecule has 0 spiro atoms. The van der Waals surface area contributed by atoms with Crippen LogP contribution in [0.25, 0.3) is 0 Å². The van der Waals surface area contributed by atoms with E-state index in [9.17, 15) is 9.59 Å². The van der Waals surface area contributed by atoms with Gasteiger partial charge in [0.05, 0.1) is 13.2 Å². The minimum absolute atomic E-state index is 0.213. The van der Waals surface area contributed by atoms with Gasteiger partial charge in [0.1, 0.15) is 0 Å². The van der Waals surface area contributed by atoms with Crippen LogP contribution in [0.4, 0.5) is 10.5 Å². The van der Waals surface area contributed by atoms with Crippen molar-refractivity contribution in [3.63, 3.8) is 0 Å². The number of nitrogens with one attached hydrogen (secondary N) is 2. The second kappa shape index (κ2) is 11.6. The molecule has 2 saturated heterocycles. The van der Waals surface area contributed by atoms with E-state index in [4.69, 9.17) is 9.73 Å². The van der Waals surface area contributed by atoms with Gasteiger partial charge >= 0.3 is 6.09 Å². The van der Waals surface area contributed by atoms with Gasteiger partial charge in [0.2, 0.25) is 5.91 Å². The number of piperidine rings is 2. The molecule has 1 aromatic rings. The molecule has 2 fully saturated rings. The molecule has 0 saturated carbocycles. The maximum atomic E-state index is 12.1. The number of hydrogen-bond acceptors (Lipinski definition) is 4. The fraction of sp³-hybridized carbons (Fsp3) is 0.609. The molecule has 8 nitrogen and oxygen atoms in total. The Bertz CT molecular complexity index is 757. The van der Waals surface area contributed by atoms with Crippen LogP contribution in [-0.2, 0) is 16.1 Å². The van der Waals surface area contributed by atoms with Crippen molar-refractivity contribution in [1.29, 1.82) is 0 Å². The number of carbonyl (C=O) groups excluding carboxylic acids is 2. The second-order valence-electron chi connectivity index (χ2n) is 7.97. The molecule has 0 aliphatic carbocycles. The smallest absolute Gasteiger partial charge is 0.409 e. The molecule has 0 atom stereocenters. The summed E-state index contributed by atoms with van der Waals surface area (Å²) in [6, 6.07) is 8.39. The van der Waals surface area contributed by atoms with Gasteiger partial charge in [-0.2, -0.15) is 0 Å². The maximum Gasteiger partial charge on any atom is 0.409 e. The van der Waals surface area contributed by atoms with Gasteiger partial charge in [0, 0.05) is 44.3 Å². The van der Waals surface area contributed by atoms with Gasteiger partial charge in [-0.3, -0.25) is 4.79 Å². The quantitative estimate of drug-likeness (QED) is 0.536. The van der Waals surface area contributed by atoms with Crippen LogP contribution in [0.15, 0.2) is 29.3 Å². The Labute approximate surface area is 185 Å². The lowest BCUT2D eigenvalue weighted by molar-refractivity contribution is -0.119. The first kappa shape index (κ1) is 22.9. The summed E-state index contributed by atoms with van der Waals surface area (Å²) < 4.78 is 5.09. The number of amides is 2. The third-order valence-corrected chi connectivity index (χ3v) is 5.70. The van der Waals surface area contributed by atoms with E-state index in [-0.39, 0.29) is 18.0 Å². The molecule has 3 rings (SSSR count). The fourth-order valence-electron chi connectivity index (χ4n) is 3.97. The molecule has 0 unspecified atom stereocenters. The van der Waals surface area contributed by atoms with E-state index < -0.39 is 0 Å². The van der Waals surface area contributed by atoms with Crippen molar-refractivity contribution in [3.05, 3.63) is 29.8 Å². The highest BCUT2D eigenvalue weighted by molar-refractivity contribution is 5.93. The number of aliphatic imine (C=N–C) groups is 1. The molecule has 0 radical (unpaired) electrons. The van der Waals surface area contributed by atoms with Crippen molar-refractivity contribution in [2.45, 2.75) is 58.5 Å². The standard InChI is InChI=1S/C23H35N5O3/c1-3-24-22(26-19-12-15-27(16-13-19)23(30)31-4-2)25-17-18-8-10-20(11-9-18)28-14-6-5-7-21(28)29/h8-11,19H,3-7,12-17H2,1-2H3,(H2,24,25,26). The SMILES string of the molecule is CCNC(=NCc1ccc(N2CCCCC2=O)cc1)NC1CCN(C(=O)OCC)CC1. The van der Waals surface area contributed by atoms with Crippen molar-refractivity contribution in [2.24, 2.45) is 4.99 Å². The molecule has 2 aliphatic heterocycles. The Morgan fingerprint density at radius 2 is 1.87 bits per heavy atom. The van der Waals surface area contributed by atoms with Gasteiger partial charge in [0.15, 0.2) is 5.96 Å². The van der Waals surface area contributed by atoms with Crippen LogP contribution in [0.1, 0.15) is 51.5 Å². The number of ether oxygens (including phenoxy) is 1. The van der Waals surface area contributed by atoms with E-state index in [1.165, 1.54) is 0 Å². The maximum absolute atomic E-state index is 12.1. The molecule has 2 heterocycles. The summed E-state index contributed by atoms with van der Waals surface area (Å²) in [6.07, 6.45) is 4.20. The molecule has 2 N–H and O–H groups in total. The topological polar surface area (TPSA) is 86.3 Å². The summed E-state index contributed by atoms with van der Waals surface area (Å²) >= 11 is 0. The average molecular weight is 430 g/mol. The first-order valence-corrected chi connectivity index (χ1v) is 11.5. The summed E-state index contributed by atoms with van der Waals surface area (Å²) in [5.41, 5.74) is 2.07. The Morgan fingerprint density at radius 3 is 2.52 bits per heavy atom. The van der Waals surface area contributed by atoms with Crippen molar-refractivity contribution >= 4 is 23.6 Å². The lowest BCUT2D eigenvalue weighted by Gasteiger charge is -2.32. The Kier molecular flexibility index (Phi) is 8.55. The zero-order valence-corrected chi connectivity index (χ0v) is 18.7. The largest absolute Gasteiger partial charge is 0.450 e. The van der Waals surface area contributed by atoms with Gasteiger partial charge in [-0.15, -0.1) is 0 Å². The highest BCUT2D eigenvalue weighted by Crippen LogP contribution is 2.21. The van der Waals surface area contributed by atoms with E-state index >= 15 is 0 Å². The van der Waals surface area contributed by atoms with Gasteiger partial charge in [-0.1, -0.05) is 12.1 Å². The minimum Gasteiger partial charge on any atom is -0.450 e. The van der Waals surface area contributed by atoms with Crippen molar-refractivity contribution in [3.8, 4) is 0 Å². The van der Waals surface area contributed by atoms with E-state index in [0.29, 0.717) is 32.7 Å². The number of guanidine groups is 1. The zero-order chi connectivity index (χ0) is 22.1. The third-order valence-electron chi connectivity index (χ3n) is 5.70. The lowest BCUT2D eigenvalue weighted by Crippen LogP contribution is -2.49. The number of rotatable bonds is 6. The number of benzene rings is 1. The summed E-state index contributed by atoms with van der Waals surface area (Å²) in [6.45, 7) is 7.80. The molecular formula is C23H35N5O3. The van der Waals surface area contributed by atoms with E-state index in [2.05, 4.69) is 10.6 Å². The summed E-state index contributed by atoms with van der Waals surface area (Å²) in [4.78, 5) is 32.3. The van der Waals surface area contributed by atoms with Crippen molar-refractivity contribution < 1.29 is 14.3 Å². The average Bonchev–Trinajstić information content (AvgIpc) is 2.79. The molecule has 170 valence electrons. The predicted octanol–water partition coefficient (Wildman–Crippen LogP) is 2.88. The highest BCUT2D eigenvalue weighted by Gasteiger charge is 2.24. The third kappa shape index (κ3) is 6.60. The monoisotopic (exact) mass is 429 g/mol. The van der Waals surface area contributed by atoms with Crippen LogP contribution in [0, 0.1) is 0 Å². The second-order valence-corrected chi connectivity index (χ2v) is 7.97. The number of carbonyl (C=O) groups is 2. The molecule has 31 heavy (non-hydrogen) atoms. The molecule has 0 aromatic heterocycles. The van der Waals surface area contributed by atoms with Crippen LogP contribution < -0.4 is 15.5 Å². The number of hydrogen-bond donors (Lipinski definition) is 2. The number of likely N-dealkylation sites (tertiary alicyclic amines) is 1. The number of nitrogens with zero attached hydrogens (tertiary/aromatic N) is 3. The zero-order valence-electron chi connectivity index (χ0n) is 18.7. The van der Waals surface area contributed by atoms with E-state index in [0.717, 1.165) is 56.0 Å². The first-order chi connectivity index (χ1) is 15.1. The minimum atomic E-state index is -0.226.